The summed E-state index contributed by atoms with van der Waals surface area (Å²) in [4.78, 5) is 0. The molecule has 0 bridgehead atoms. The second-order valence-electron chi connectivity index (χ2n) is 2.71. The first-order chi connectivity index (χ1) is 4.33. The summed E-state index contributed by atoms with van der Waals surface area (Å²) < 4.78 is 0. The van der Waals surface area contributed by atoms with E-state index in [2.05, 4.69) is 11.8 Å². The van der Waals surface area contributed by atoms with Crippen molar-refractivity contribution in [3.8, 4) is 11.8 Å². The summed E-state index contributed by atoms with van der Waals surface area (Å²) >= 11 is 0. The van der Waals surface area contributed by atoms with Crippen molar-refractivity contribution in [1.29, 1.82) is 0 Å². The summed E-state index contributed by atoms with van der Waals surface area (Å²) in [6, 6.07) is 0. The van der Waals surface area contributed by atoms with Crippen molar-refractivity contribution >= 4 is 0 Å². The van der Waals surface area contributed by atoms with Gasteiger partial charge in [0.15, 0.2) is 0 Å². The summed E-state index contributed by atoms with van der Waals surface area (Å²) in [5, 5.41) is 0. The van der Waals surface area contributed by atoms with Gasteiger partial charge in [-0.15, -0.1) is 0 Å². The van der Waals surface area contributed by atoms with Crippen molar-refractivity contribution in [3.63, 3.8) is 0 Å². The van der Waals surface area contributed by atoms with E-state index < -0.39 is 0 Å². The molecule has 11 heavy (non-hydrogen) atoms. The zero-order chi connectivity index (χ0) is 6.74. The normalized spacial score (nSPS) is 16.2. The summed E-state index contributed by atoms with van der Waals surface area (Å²) in [5.74, 6) is 4.76. The largest absolute Gasteiger partial charge is 1.00 e. The molecule has 0 aromatic rings. The van der Waals surface area contributed by atoms with E-state index in [1.165, 1.54) is 0 Å². The second kappa shape index (κ2) is 5.90. The molecule has 0 amide bonds. The fraction of sp³-hybridized carbons (Fsp3) is 0.556. The average molecular weight is 130 g/mol. The Kier molecular flexibility index (Phi) is 7.44. The van der Waals surface area contributed by atoms with Gasteiger partial charge in [0.05, 0.1) is 0 Å². The first kappa shape index (κ1) is 13.9. The van der Waals surface area contributed by atoms with E-state index in [1.807, 2.05) is 0 Å². The van der Waals surface area contributed by atoms with Crippen molar-refractivity contribution in [3.05, 3.63) is 12.8 Å². The van der Waals surface area contributed by atoms with Crippen LogP contribution >= 0.6 is 0 Å². The van der Waals surface area contributed by atoms with Gasteiger partial charge >= 0.3 is 37.7 Å². The van der Waals surface area contributed by atoms with Crippen molar-refractivity contribution < 1.29 is 37.7 Å². The zero-order valence-electron chi connectivity index (χ0n) is 7.33. The molecular formula is C9H8Li2. The van der Waals surface area contributed by atoms with Crippen LogP contribution < -0.4 is 37.7 Å². The Morgan fingerprint density at radius 1 is 1.00 bits per heavy atom. The van der Waals surface area contributed by atoms with E-state index in [1.54, 1.807) is 0 Å². The van der Waals surface area contributed by atoms with Crippen LogP contribution in [0.2, 0.25) is 0 Å². The molecule has 46 valence electrons. The van der Waals surface area contributed by atoms with Gasteiger partial charge in [-0.1, -0.05) is 0 Å². The average Bonchev–Trinajstić information content (AvgIpc) is 2.51. The second-order valence-corrected chi connectivity index (χ2v) is 2.71. The summed E-state index contributed by atoms with van der Waals surface area (Å²) in [6.07, 6.45) is 17.2. The maximum atomic E-state index is 6.74. The molecule has 0 heterocycles. The van der Waals surface area contributed by atoms with E-state index in [4.69, 9.17) is 12.8 Å². The molecule has 0 radical (unpaired) electrons. The first-order valence-electron chi connectivity index (χ1n) is 3.12. The van der Waals surface area contributed by atoms with Crippen LogP contribution in [0.25, 0.3) is 0 Å². The third kappa shape index (κ3) is 4.02. The Morgan fingerprint density at radius 3 is 1.55 bits per heavy atom. The molecule has 1 aliphatic rings. The monoisotopic (exact) mass is 130 g/mol. The van der Waals surface area contributed by atoms with Crippen molar-refractivity contribution in [1.82, 2.24) is 0 Å². The van der Waals surface area contributed by atoms with Gasteiger partial charge in [0, 0.05) is 0 Å². The van der Waals surface area contributed by atoms with Gasteiger partial charge in [0.1, 0.15) is 0 Å². The molecule has 0 unspecified atom stereocenters. The molecule has 0 saturated heterocycles. The van der Waals surface area contributed by atoms with Gasteiger partial charge < -0.3 is 24.7 Å². The topological polar surface area (TPSA) is 0 Å². The van der Waals surface area contributed by atoms with Gasteiger partial charge in [-0.2, -0.15) is 0 Å². The third-order valence-electron chi connectivity index (χ3n) is 1.88. The Hall–Kier alpha value is 0.315. The van der Waals surface area contributed by atoms with E-state index in [0.29, 0.717) is 0 Å². The van der Waals surface area contributed by atoms with Crippen molar-refractivity contribution in [2.45, 2.75) is 25.7 Å². The summed E-state index contributed by atoms with van der Waals surface area (Å²) in [5.41, 5.74) is 0.253. The van der Waals surface area contributed by atoms with Gasteiger partial charge in [0.2, 0.25) is 0 Å². The SMILES string of the molecule is [C-]#CCC1(CC#[C-])CC1.[Li+].[Li+]. The minimum absolute atomic E-state index is 0. The quantitative estimate of drug-likeness (QED) is 0.202. The molecule has 0 aromatic heterocycles. The van der Waals surface area contributed by atoms with Crippen LogP contribution in [0.1, 0.15) is 25.7 Å². The van der Waals surface area contributed by atoms with E-state index in [-0.39, 0.29) is 43.1 Å². The van der Waals surface area contributed by atoms with Crippen molar-refractivity contribution in [2.24, 2.45) is 5.41 Å². The maximum Gasteiger partial charge on any atom is 1.00 e. The van der Waals surface area contributed by atoms with Gasteiger partial charge in [0.25, 0.3) is 0 Å². The van der Waals surface area contributed by atoms with Crippen LogP contribution in [0.5, 0.6) is 0 Å². The molecule has 0 aliphatic heterocycles. The predicted octanol–water partition coefficient (Wildman–Crippen LogP) is -4.27. The standard InChI is InChI=1S/C9H8.2Li/c1-3-5-9(6-4-2)7-8-9;;/h5-8H2;;/q-2;2*+1. The fourth-order valence-electron chi connectivity index (χ4n) is 0.968. The summed E-state index contributed by atoms with van der Waals surface area (Å²) in [7, 11) is 0. The molecule has 1 saturated carbocycles. The van der Waals surface area contributed by atoms with Crippen LogP contribution in [0.3, 0.4) is 0 Å². The van der Waals surface area contributed by atoms with Crippen LogP contribution in [-0.2, 0) is 0 Å². The Bertz CT molecular complexity index is 161. The Balaban J connectivity index is 0. The van der Waals surface area contributed by atoms with Crippen LogP contribution in [0, 0.1) is 30.1 Å². The zero-order valence-corrected chi connectivity index (χ0v) is 7.33. The molecule has 0 N–H and O–H groups in total. The minimum atomic E-state index is 0. The van der Waals surface area contributed by atoms with Gasteiger partial charge in [-0.25, -0.2) is 0 Å². The van der Waals surface area contributed by atoms with E-state index >= 15 is 0 Å². The molecule has 0 aromatic carbocycles. The number of hydrogen-bond donors (Lipinski definition) is 0. The van der Waals surface area contributed by atoms with E-state index in [0.717, 1.165) is 25.7 Å². The summed E-state index contributed by atoms with van der Waals surface area (Å²) in [6.45, 7) is 0. The molecule has 1 rings (SSSR count). The molecule has 0 spiro atoms. The Morgan fingerprint density at radius 2 is 1.36 bits per heavy atom. The molecular weight excluding hydrogens is 122 g/mol. The smallest absolute Gasteiger partial charge is 0.694 e. The first-order valence-corrected chi connectivity index (χ1v) is 3.12. The fourth-order valence-corrected chi connectivity index (χ4v) is 0.968. The maximum absolute atomic E-state index is 6.74. The molecule has 0 atom stereocenters. The molecule has 2 heteroatoms. The third-order valence-corrected chi connectivity index (χ3v) is 1.88. The predicted molar refractivity (Wildman–Crippen MR) is 35.2 cm³/mol. The number of hydrogen-bond acceptors (Lipinski definition) is 0. The van der Waals surface area contributed by atoms with Crippen LogP contribution in [0.15, 0.2) is 0 Å². The molecule has 1 aliphatic carbocycles. The van der Waals surface area contributed by atoms with E-state index in [9.17, 15) is 0 Å². The number of rotatable bonds is 2. The van der Waals surface area contributed by atoms with Crippen molar-refractivity contribution in [2.75, 3.05) is 0 Å². The van der Waals surface area contributed by atoms with Gasteiger partial charge in [-0.3, -0.25) is 0 Å². The van der Waals surface area contributed by atoms with Gasteiger partial charge in [-0.05, 0) is 31.1 Å². The Labute approximate surface area is 93.2 Å². The molecule has 0 nitrogen and oxygen atoms in total. The van der Waals surface area contributed by atoms with Crippen LogP contribution in [-0.4, -0.2) is 0 Å². The molecule has 1 fully saturated rings. The minimum Gasteiger partial charge on any atom is -0.694 e. The van der Waals surface area contributed by atoms with Crippen LogP contribution in [0.4, 0.5) is 0 Å².